The van der Waals surface area contributed by atoms with Gasteiger partial charge >= 0.3 is 0 Å². The summed E-state index contributed by atoms with van der Waals surface area (Å²) in [5.41, 5.74) is 1.44. The van der Waals surface area contributed by atoms with Crippen LogP contribution in [0.25, 0.3) is 0 Å². The molecule has 0 saturated heterocycles. The summed E-state index contributed by atoms with van der Waals surface area (Å²) in [6.07, 6.45) is 8.58. The molecule has 0 spiro atoms. The summed E-state index contributed by atoms with van der Waals surface area (Å²) in [7, 11) is 0. The van der Waals surface area contributed by atoms with Gasteiger partial charge in [0.05, 0.1) is 0 Å². The molecule has 19 heavy (non-hydrogen) atoms. The Morgan fingerprint density at radius 3 is 1.84 bits per heavy atom. The SMILES string of the molecule is Clc1ccc(C(NC(C2CC2)C2CC2)C2CC2)cc1. The lowest BCUT2D eigenvalue weighted by atomic mass is 9.98. The molecule has 0 aromatic heterocycles. The number of benzene rings is 1. The van der Waals surface area contributed by atoms with Crippen molar-refractivity contribution in [3.63, 3.8) is 0 Å². The summed E-state index contributed by atoms with van der Waals surface area (Å²) < 4.78 is 0. The van der Waals surface area contributed by atoms with E-state index >= 15 is 0 Å². The number of hydrogen-bond acceptors (Lipinski definition) is 1. The van der Waals surface area contributed by atoms with Gasteiger partial charge < -0.3 is 5.32 Å². The van der Waals surface area contributed by atoms with Crippen LogP contribution in [0, 0.1) is 17.8 Å². The van der Waals surface area contributed by atoms with E-state index in [0.717, 1.165) is 28.8 Å². The third kappa shape index (κ3) is 2.83. The summed E-state index contributed by atoms with van der Waals surface area (Å²) in [5.74, 6) is 2.81. The zero-order valence-electron chi connectivity index (χ0n) is 11.3. The van der Waals surface area contributed by atoms with Crippen LogP contribution in [-0.4, -0.2) is 6.04 Å². The van der Waals surface area contributed by atoms with Crippen molar-refractivity contribution in [3.8, 4) is 0 Å². The normalized spacial score (nSPS) is 24.7. The van der Waals surface area contributed by atoms with Crippen molar-refractivity contribution < 1.29 is 0 Å². The molecule has 1 unspecified atom stereocenters. The first kappa shape index (κ1) is 12.2. The Bertz CT molecular complexity index is 431. The molecule has 0 aliphatic heterocycles. The Morgan fingerprint density at radius 2 is 1.37 bits per heavy atom. The number of rotatable bonds is 6. The van der Waals surface area contributed by atoms with Gasteiger partial charge in [0.1, 0.15) is 0 Å². The first-order chi connectivity index (χ1) is 9.31. The molecular weight excluding hydrogens is 254 g/mol. The smallest absolute Gasteiger partial charge is 0.0406 e. The second kappa shape index (κ2) is 4.79. The van der Waals surface area contributed by atoms with Crippen molar-refractivity contribution in [2.24, 2.45) is 17.8 Å². The van der Waals surface area contributed by atoms with E-state index in [1.807, 2.05) is 12.1 Å². The molecule has 2 heteroatoms. The standard InChI is InChI=1S/C17H22ClN/c18-15-9-7-14(8-10-15)17(13-5-6-13)19-16(11-1-2-11)12-3-4-12/h7-13,16-17,19H,1-6H2. The lowest BCUT2D eigenvalue weighted by molar-refractivity contribution is 0.344. The third-order valence-electron chi connectivity index (χ3n) is 4.95. The molecular formula is C17H22ClN. The van der Waals surface area contributed by atoms with E-state index in [9.17, 15) is 0 Å². The van der Waals surface area contributed by atoms with Gasteiger partial charge in [-0.15, -0.1) is 0 Å². The van der Waals surface area contributed by atoms with Crippen LogP contribution >= 0.6 is 11.6 Å². The molecule has 0 radical (unpaired) electrons. The molecule has 1 nitrogen and oxygen atoms in total. The minimum absolute atomic E-state index is 0.573. The molecule has 4 rings (SSSR count). The van der Waals surface area contributed by atoms with Crippen LogP contribution in [0.2, 0.25) is 5.02 Å². The van der Waals surface area contributed by atoms with Gasteiger partial charge in [-0.05, 0) is 74.0 Å². The maximum absolute atomic E-state index is 6.02. The summed E-state index contributed by atoms with van der Waals surface area (Å²) in [4.78, 5) is 0. The highest BCUT2D eigenvalue weighted by Crippen LogP contribution is 2.48. The fourth-order valence-electron chi connectivity index (χ4n) is 3.38. The van der Waals surface area contributed by atoms with Gasteiger partial charge in [0, 0.05) is 17.1 Å². The van der Waals surface area contributed by atoms with Crippen LogP contribution in [-0.2, 0) is 0 Å². The fourth-order valence-corrected chi connectivity index (χ4v) is 3.51. The molecule has 3 fully saturated rings. The molecule has 0 amide bonds. The number of halogens is 1. The zero-order chi connectivity index (χ0) is 12.8. The molecule has 1 N–H and O–H groups in total. The number of nitrogens with one attached hydrogen (secondary N) is 1. The minimum Gasteiger partial charge on any atom is -0.306 e. The summed E-state index contributed by atoms with van der Waals surface area (Å²) in [6, 6.07) is 9.88. The van der Waals surface area contributed by atoms with E-state index in [4.69, 9.17) is 11.6 Å². The van der Waals surface area contributed by atoms with E-state index < -0.39 is 0 Å². The summed E-state index contributed by atoms with van der Waals surface area (Å²) in [5, 5.41) is 4.88. The third-order valence-corrected chi connectivity index (χ3v) is 5.21. The van der Waals surface area contributed by atoms with Crippen LogP contribution < -0.4 is 5.32 Å². The van der Waals surface area contributed by atoms with Crippen molar-refractivity contribution in [2.45, 2.75) is 50.6 Å². The van der Waals surface area contributed by atoms with Crippen molar-refractivity contribution in [3.05, 3.63) is 34.9 Å². The molecule has 1 aromatic carbocycles. The lowest BCUT2D eigenvalue weighted by Gasteiger charge is -2.26. The van der Waals surface area contributed by atoms with Crippen LogP contribution in [0.15, 0.2) is 24.3 Å². The van der Waals surface area contributed by atoms with Gasteiger partial charge in [-0.1, -0.05) is 23.7 Å². The van der Waals surface area contributed by atoms with Gasteiger partial charge in [-0.2, -0.15) is 0 Å². The maximum atomic E-state index is 6.02. The first-order valence-corrected chi connectivity index (χ1v) is 8.20. The molecule has 0 bridgehead atoms. The van der Waals surface area contributed by atoms with Gasteiger partial charge in [-0.25, -0.2) is 0 Å². The molecule has 3 saturated carbocycles. The Balaban J connectivity index is 1.52. The fraction of sp³-hybridized carbons (Fsp3) is 0.647. The zero-order valence-corrected chi connectivity index (χ0v) is 12.1. The largest absolute Gasteiger partial charge is 0.306 e. The molecule has 1 aromatic rings. The summed E-state index contributed by atoms with van der Waals surface area (Å²) in [6.45, 7) is 0. The highest BCUT2D eigenvalue weighted by atomic mass is 35.5. The Labute approximate surface area is 120 Å². The van der Waals surface area contributed by atoms with Crippen LogP contribution in [0.3, 0.4) is 0 Å². The average molecular weight is 276 g/mol. The summed E-state index contributed by atoms with van der Waals surface area (Å²) >= 11 is 6.02. The van der Waals surface area contributed by atoms with Crippen LogP contribution in [0.5, 0.6) is 0 Å². The second-order valence-electron chi connectivity index (χ2n) is 6.73. The van der Waals surface area contributed by atoms with Crippen molar-refractivity contribution in [2.75, 3.05) is 0 Å². The Morgan fingerprint density at radius 1 is 0.842 bits per heavy atom. The van der Waals surface area contributed by atoms with E-state index in [2.05, 4.69) is 17.4 Å². The predicted molar refractivity (Wildman–Crippen MR) is 79.3 cm³/mol. The van der Waals surface area contributed by atoms with E-state index in [0.29, 0.717) is 6.04 Å². The van der Waals surface area contributed by atoms with E-state index in [-0.39, 0.29) is 0 Å². The molecule has 3 aliphatic carbocycles. The van der Waals surface area contributed by atoms with Crippen molar-refractivity contribution in [1.29, 1.82) is 0 Å². The van der Waals surface area contributed by atoms with E-state index in [1.54, 1.807) is 0 Å². The van der Waals surface area contributed by atoms with Crippen LogP contribution in [0.1, 0.15) is 50.1 Å². The highest BCUT2D eigenvalue weighted by molar-refractivity contribution is 6.30. The highest BCUT2D eigenvalue weighted by Gasteiger charge is 2.44. The Hall–Kier alpha value is -0.530. The van der Waals surface area contributed by atoms with Gasteiger partial charge in [0.15, 0.2) is 0 Å². The molecule has 1 atom stereocenters. The van der Waals surface area contributed by atoms with Gasteiger partial charge in [0.25, 0.3) is 0 Å². The molecule has 102 valence electrons. The second-order valence-corrected chi connectivity index (χ2v) is 7.17. The van der Waals surface area contributed by atoms with Crippen molar-refractivity contribution in [1.82, 2.24) is 5.32 Å². The maximum Gasteiger partial charge on any atom is 0.0406 e. The molecule has 0 heterocycles. The quantitative estimate of drug-likeness (QED) is 0.802. The first-order valence-electron chi connectivity index (χ1n) is 7.83. The van der Waals surface area contributed by atoms with Crippen molar-refractivity contribution >= 4 is 11.6 Å². The average Bonchev–Trinajstić information content (AvgIpc) is 3.30. The lowest BCUT2D eigenvalue weighted by Crippen LogP contribution is -2.37. The van der Waals surface area contributed by atoms with E-state index in [1.165, 1.54) is 44.1 Å². The predicted octanol–water partition coefficient (Wildman–Crippen LogP) is 4.57. The monoisotopic (exact) mass is 275 g/mol. The topological polar surface area (TPSA) is 12.0 Å². The molecule has 3 aliphatic rings. The van der Waals surface area contributed by atoms with Gasteiger partial charge in [0.2, 0.25) is 0 Å². The number of hydrogen-bond donors (Lipinski definition) is 1. The van der Waals surface area contributed by atoms with Crippen LogP contribution in [0.4, 0.5) is 0 Å². The minimum atomic E-state index is 0.573. The van der Waals surface area contributed by atoms with Gasteiger partial charge in [-0.3, -0.25) is 0 Å². The Kier molecular flexibility index (Phi) is 3.08.